The standard InChI is InChI=1S/C24H29ClO5S/c1-5-10-24(27)11-9-18-20-19(14(6-2)13-23(18,24)3)16-8-7-15(26)12-17(16)21(25)22(20)30-31(4,28)29/h2,12,14,16,18-22,27H,7-9,11,13H2,1,3-4H3/t14-,16+,18+,19-,20+,21+,22+,23+,24+/m1/s1. The number of ketones is 1. The Kier molecular flexibility index (Phi) is 5.63. The number of halogens is 1. The van der Waals surface area contributed by atoms with Crippen LogP contribution >= 0.6 is 11.6 Å². The van der Waals surface area contributed by atoms with Gasteiger partial charge in [-0.05, 0) is 67.9 Å². The Morgan fingerprint density at radius 3 is 2.65 bits per heavy atom. The van der Waals surface area contributed by atoms with Gasteiger partial charge in [0.15, 0.2) is 5.78 Å². The molecule has 0 amide bonds. The maximum Gasteiger partial charge on any atom is 0.264 e. The summed E-state index contributed by atoms with van der Waals surface area (Å²) >= 11 is 6.85. The van der Waals surface area contributed by atoms with Crippen LogP contribution in [-0.4, -0.2) is 42.6 Å². The maximum atomic E-state index is 12.2. The lowest BCUT2D eigenvalue weighted by Crippen LogP contribution is -2.61. The number of alkyl halides is 1. The summed E-state index contributed by atoms with van der Waals surface area (Å²) in [6.07, 6.45) is 10.7. The maximum absolute atomic E-state index is 12.2. The van der Waals surface area contributed by atoms with Gasteiger partial charge in [0.2, 0.25) is 0 Å². The highest BCUT2D eigenvalue weighted by atomic mass is 35.5. The monoisotopic (exact) mass is 464 g/mol. The van der Waals surface area contributed by atoms with Gasteiger partial charge in [0.05, 0.1) is 11.6 Å². The molecular formula is C24H29ClO5S. The van der Waals surface area contributed by atoms with Crippen LogP contribution < -0.4 is 0 Å². The molecule has 0 heterocycles. The normalized spacial score (nSPS) is 46.5. The third-order valence-corrected chi connectivity index (χ3v) is 9.41. The van der Waals surface area contributed by atoms with E-state index in [1.54, 1.807) is 13.0 Å². The minimum atomic E-state index is -3.81. The second-order valence-corrected chi connectivity index (χ2v) is 11.9. The van der Waals surface area contributed by atoms with Crippen LogP contribution in [0, 0.1) is 59.2 Å². The topological polar surface area (TPSA) is 80.7 Å². The van der Waals surface area contributed by atoms with Crippen LogP contribution in [0.2, 0.25) is 0 Å². The summed E-state index contributed by atoms with van der Waals surface area (Å²) in [4.78, 5) is 12.2. The lowest BCUT2D eigenvalue weighted by atomic mass is 9.47. The quantitative estimate of drug-likeness (QED) is 0.386. The number of carbonyl (C=O) groups is 1. The van der Waals surface area contributed by atoms with Crippen molar-refractivity contribution in [3.05, 3.63) is 11.6 Å². The van der Waals surface area contributed by atoms with Gasteiger partial charge in [-0.15, -0.1) is 29.9 Å². The fraction of sp³-hybridized carbons (Fsp3) is 0.708. The third kappa shape index (κ3) is 3.47. The van der Waals surface area contributed by atoms with Gasteiger partial charge < -0.3 is 5.11 Å². The van der Waals surface area contributed by atoms with Gasteiger partial charge in [0.1, 0.15) is 11.7 Å². The third-order valence-electron chi connectivity index (χ3n) is 8.34. The highest BCUT2D eigenvalue weighted by Gasteiger charge is 2.67. The van der Waals surface area contributed by atoms with Crippen LogP contribution in [0.3, 0.4) is 0 Å². The predicted molar refractivity (Wildman–Crippen MR) is 118 cm³/mol. The average Bonchev–Trinajstić information content (AvgIpc) is 2.94. The van der Waals surface area contributed by atoms with Gasteiger partial charge in [-0.3, -0.25) is 8.98 Å². The molecule has 4 aliphatic rings. The van der Waals surface area contributed by atoms with E-state index in [0.29, 0.717) is 32.1 Å². The minimum Gasteiger partial charge on any atom is -0.377 e. The van der Waals surface area contributed by atoms with Crippen LogP contribution in [-0.2, 0) is 19.1 Å². The van der Waals surface area contributed by atoms with Gasteiger partial charge in [0, 0.05) is 17.8 Å². The van der Waals surface area contributed by atoms with Gasteiger partial charge in [-0.1, -0.05) is 12.8 Å². The molecular weight excluding hydrogens is 436 g/mol. The number of carbonyl (C=O) groups excluding carboxylic acids is 1. The van der Waals surface area contributed by atoms with Crippen LogP contribution in [0.4, 0.5) is 0 Å². The van der Waals surface area contributed by atoms with Crippen molar-refractivity contribution in [3.8, 4) is 24.2 Å². The summed E-state index contributed by atoms with van der Waals surface area (Å²) in [5.41, 5.74) is -1.05. The molecule has 0 aromatic heterocycles. The second kappa shape index (κ2) is 7.63. The Hall–Kier alpha value is -1.31. The van der Waals surface area contributed by atoms with Crippen molar-refractivity contribution in [2.75, 3.05) is 6.26 Å². The van der Waals surface area contributed by atoms with Gasteiger partial charge >= 0.3 is 0 Å². The van der Waals surface area contributed by atoms with Crippen molar-refractivity contribution < 1.29 is 22.5 Å². The second-order valence-electron chi connectivity index (χ2n) is 9.85. The van der Waals surface area contributed by atoms with Crippen LogP contribution in [0.5, 0.6) is 0 Å². The molecule has 5 nitrogen and oxygen atoms in total. The Morgan fingerprint density at radius 2 is 2.03 bits per heavy atom. The average molecular weight is 465 g/mol. The molecule has 0 radical (unpaired) electrons. The summed E-state index contributed by atoms with van der Waals surface area (Å²) in [5, 5.41) is 10.8. The molecule has 3 fully saturated rings. The van der Waals surface area contributed by atoms with E-state index >= 15 is 0 Å². The molecule has 1 N–H and O–H groups in total. The summed E-state index contributed by atoms with van der Waals surface area (Å²) < 4.78 is 30.1. The zero-order valence-corrected chi connectivity index (χ0v) is 19.7. The zero-order chi connectivity index (χ0) is 22.8. The first-order valence-electron chi connectivity index (χ1n) is 10.8. The van der Waals surface area contributed by atoms with E-state index in [9.17, 15) is 18.3 Å². The summed E-state index contributed by atoms with van der Waals surface area (Å²) in [7, 11) is -3.81. The van der Waals surface area contributed by atoms with Gasteiger partial charge in [-0.2, -0.15) is 8.42 Å². The van der Waals surface area contributed by atoms with Crippen LogP contribution in [0.1, 0.15) is 46.0 Å². The molecule has 0 aliphatic heterocycles. The molecule has 0 aromatic rings. The molecule has 7 heteroatoms. The molecule has 31 heavy (non-hydrogen) atoms. The van der Waals surface area contributed by atoms with E-state index in [1.165, 1.54) is 0 Å². The van der Waals surface area contributed by atoms with Crippen molar-refractivity contribution in [2.24, 2.45) is 35.0 Å². The first-order valence-corrected chi connectivity index (χ1v) is 13.1. The molecule has 4 aliphatic carbocycles. The van der Waals surface area contributed by atoms with Crippen LogP contribution in [0.25, 0.3) is 0 Å². The van der Waals surface area contributed by atoms with Crippen molar-refractivity contribution in [3.63, 3.8) is 0 Å². The number of aliphatic hydroxyl groups is 1. The number of terminal acetylenes is 1. The Morgan fingerprint density at radius 1 is 1.32 bits per heavy atom. The van der Waals surface area contributed by atoms with E-state index in [4.69, 9.17) is 22.2 Å². The minimum absolute atomic E-state index is 0.000164. The molecule has 0 bridgehead atoms. The van der Waals surface area contributed by atoms with E-state index in [1.807, 2.05) is 6.92 Å². The van der Waals surface area contributed by atoms with E-state index < -0.39 is 32.6 Å². The lowest BCUT2D eigenvalue weighted by Gasteiger charge is -2.59. The fourth-order valence-corrected chi connectivity index (χ4v) is 8.30. The Balaban J connectivity index is 1.89. The Bertz CT molecular complexity index is 1030. The summed E-state index contributed by atoms with van der Waals surface area (Å²) in [5.74, 6) is 8.31. The number of rotatable bonds is 2. The molecule has 168 valence electrons. The highest BCUT2D eigenvalue weighted by molar-refractivity contribution is 7.86. The molecule has 9 atom stereocenters. The van der Waals surface area contributed by atoms with Gasteiger partial charge in [-0.25, -0.2) is 0 Å². The van der Waals surface area contributed by atoms with Crippen molar-refractivity contribution >= 4 is 27.5 Å². The van der Waals surface area contributed by atoms with Crippen molar-refractivity contribution in [1.29, 1.82) is 0 Å². The fourth-order valence-electron chi connectivity index (χ4n) is 7.15. The van der Waals surface area contributed by atoms with Gasteiger partial charge in [0.25, 0.3) is 10.1 Å². The van der Waals surface area contributed by atoms with E-state index in [0.717, 1.165) is 11.8 Å². The van der Waals surface area contributed by atoms with E-state index in [2.05, 4.69) is 17.8 Å². The number of hydrogen-bond donors (Lipinski definition) is 1. The molecule has 0 aromatic carbocycles. The van der Waals surface area contributed by atoms with Crippen molar-refractivity contribution in [1.82, 2.24) is 0 Å². The number of hydrogen-bond acceptors (Lipinski definition) is 5. The first-order chi connectivity index (χ1) is 14.5. The first kappa shape index (κ1) is 22.9. The lowest BCUT2D eigenvalue weighted by molar-refractivity contribution is -0.128. The van der Waals surface area contributed by atoms with Crippen molar-refractivity contribution in [2.45, 2.75) is 63.0 Å². The molecule has 0 unspecified atom stereocenters. The highest BCUT2D eigenvalue weighted by Crippen LogP contribution is 2.67. The molecule has 0 saturated heterocycles. The summed E-state index contributed by atoms with van der Waals surface area (Å²) in [6, 6.07) is 0. The number of fused-ring (bicyclic) bond motifs is 5. The zero-order valence-electron chi connectivity index (χ0n) is 18.1. The van der Waals surface area contributed by atoms with E-state index in [-0.39, 0.29) is 35.4 Å². The Labute approximate surface area is 190 Å². The largest absolute Gasteiger partial charge is 0.377 e. The molecule has 0 spiro atoms. The molecule has 3 saturated carbocycles. The molecule has 4 rings (SSSR count). The smallest absolute Gasteiger partial charge is 0.264 e. The predicted octanol–water partition coefficient (Wildman–Crippen LogP) is 2.91. The summed E-state index contributed by atoms with van der Waals surface area (Å²) in [6.45, 7) is 3.73. The van der Waals surface area contributed by atoms with Crippen LogP contribution in [0.15, 0.2) is 11.6 Å². The SMILES string of the molecule is C#C[C@@H]1C[C@@]2(C)[C@@H](CC[C@@]2(O)C#CC)[C@@H]2[C@H](OS(C)(=O)=O)[C@@H](Cl)C3=CC(=O)CC[C@@H]3[C@H]21.